The monoisotopic (exact) mass is 309 g/mol. The highest BCUT2D eigenvalue weighted by atomic mass is 35.5. The van der Waals surface area contributed by atoms with E-state index in [9.17, 15) is 4.79 Å². The van der Waals surface area contributed by atoms with Gasteiger partial charge in [0.05, 0.1) is 6.42 Å². The molecule has 0 unspecified atom stereocenters. The summed E-state index contributed by atoms with van der Waals surface area (Å²) in [6.45, 7) is 1.66. The summed E-state index contributed by atoms with van der Waals surface area (Å²) in [6, 6.07) is 11.7. The van der Waals surface area contributed by atoms with E-state index in [2.05, 4.69) is 5.32 Å². The summed E-state index contributed by atoms with van der Waals surface area (Å²) in [5.41, 5.74) is 1.25. The molecule has 106 valence electrons. The van der Waals surface area contributed by atoms with E-state index in [0.717, 1.165) is 34.3 Å². The first-order valence-corrected chi connectivity index (χ1v) is 7.57. The van der Waals surface area contributed by atoms with Gasteiger partial charge in [0.25, 0.3) is 0 Å². The molecule has 1 aromatic heterocycles. The van der Waals surface area contributed by atoms with E-state index in [1.54, 1.807) is 11.3 Å². The molecule has 0 aliphatic rings. The Hall–Kier alpha value is -1.36. The van der Waals surface area contributed by atoms with E-state index < -0.39 is 5.97 Å². The van der Waals surface area contributed by atoms with E-state index in [4.69, 9.17) is 16.7 Å². The lowest BCUT2D eigenvalue weighted by Crippen LogP contribution is -2.15. The van der Waals surface area contributed by atoms with Crippen molar-refractivity contribution in [1.82, 2.24) is 5.32 Å². The SMILES string of the molecule is O=C(O)Cc1ccc(CNCCc2ccc(Cl)cc2)s1. The van der Waals surface area contributed by atoms with Gasteiger partial charge in [-0.05, 0) is 42.8 Å². The van der Waals surface area contributed by atoms with Gasteiger partial charge in [-0.25, -0.2) is 0 Å². The lowest BCUT2D eigenvalue weighted by Gasteiger charge is -2.03. The number of carboxylic acids is 1. The minimum atomic E-state index is -0.783. The first-order chi connectivity index (χ1) is 9.63. The van der Waals surface area contributed by atoms with Crippen molar-refractivity contribution in [2.45, 2.75) is 19.4 Å². The molecule has 0 atom stereocenters. The number of nitrogens with one attached hydrogen (secondary N) is 1. The largest absolute Gasteiger partial charge is 0.481 e. The van der Waals surface area contributed by atoms with Gasteiger partial charge < -0.3 is 10.4 Å². The van der Waals surface area contributed by atoms with Crippen LogP contribution < -0.4 is 5.32 Å². The summed E-state index contributed by atoms with van der Waals surface area (Å²) in [5, 5.41) is 12.8. The molecule has 0 spiro atoms. The standard InChI is InChI=1S/C15H16ClNO2S/c16-12-3-1-11(2-4-12)7-8-17-10-14-6-5-13(20-14)9-15(18)19/h1-6,17H,7-10H2,(H,18,19). The van der Waals surface area contributed by atoms with E-state index in [0.29, 0.717) is 0 Å². The van der Waals surface area contributed by atoms with Crippen LogP contribution in [0.2, 0.25) is 5.02 Å². The third kappa shape index (κ3) is 4.96. The topological polar surface area (TPSA) is 49.3 Å². The number of carbonyl (C=O) groups is 1. The van der Waals surface area contributed by atoms with Gasteiger partial charge in [0.2, 0.25) is 0 Å². The van der Waals surface area contributed by atoms with Gasteiger partial charge in [0, 0.05) is 21.3 Å². The second-order valence-corrected chi connectivity index (χ2v) is 6.18. The Morgan fingerprint density at radius 1 is 1.15 bits per heavy atom. The zero-order valence-corrected chi connectivity index (χ0v) is 12.5. The Balaban J connectivity index is 1.71. The van der Waals surface area contributed by atoms with Crippen LogP contribution in [0, 0.1) is 0 Å². The molecule has 5 heteroatoms. The normalized spacial score (nSPS) is 10.7. The van der Waals surface area contributed by atoms with Crippen LogP contribution in [0.3, 0.4) is 0 Å². The highest BCUT2D eigenvalue weighted by Gasteiger charge is 2.04. The van der Waals surface area contributed by atoms with Crippen LogP contribution in [0.5, 0.6) is 0 Å². The first kappa shape index (κ1) is 15.0. The predicted molar refractivity (Wildman–Crippen MR) is 82.5 cm³/mol. The number of carboxylic acid groups (broad SMARTS) is 1. The quantitative estimate of drug-likeness (QED) is 0.771. The highest BCUT2D eigenvalue weighted by molar-refractivity contribution is 7.12. The molecule has 1 aromatic carbocycles. The minimum absolute atomic E-state index is 0.107. The average molecular weight is 310 g/mol. The Bertz CT molecular complexity index is 566. The molecule has 1 heterocycles. The molecule has 3 nitrogen and oxygen atoms in total. The molecular weight excluding hydrogens is 294 g/mol. The Labute approximate surface area is 127 Å². The summed E-state index contributed by atoms with van der Waals surface area (Å²) < 4.78 is 0. The fraction of sp³-hybridized carbons (Fsp3) is 0.267. The maximum Gasteiger partial charge on any atom is 0.308 e. The Kier molecular flexibility index (Phi) is 5.59. The molecule has 0 bridgehead atoms. The second kappa shape index (κ2) is 7.43. The molecule has 2 N–H and O–H groups in total. The van der Waals surface area contributed by atoms with Crippen LogP contribution in [0.15, 0.2) is 36.4 Å². The second-order valence-electron chi connectivity index (χ2n) is 4.49. The lowest BCUT2D eigenvalue weighted by atomic mass is 10.1. The van der Waals surface area contributed by atoms with Gasteiger partial charge in [-0.1, -0.05) is 23.7 Å². The van der Waals surface area contributed by atoms with Gasteiger partial charge in [-0.3, -0.25) is 4.79 Å². The van der Waals surface area contributed by atoms with Crippen molar-refractivity contribution in [2.75, 3.05) is 6.54 Å². The number of aliphatic carboxylic acids is 1. The third-order valence-electron chi connectivity index (χ3n) is 2.85. The van der Waals surface area contributed by atoms with Gasteiger partial charge in [-0.15, -0.1) is 11.3 Å². The van der Waals surface area contributed by atoms with Crippen molar-refractivity contribution >= 4 is 28.9 Å². The molecule has 20 heavy (non-hydrogen) atoms. The third-order valence-corrected chi connectivity index (χ3v) is 4.18. The molecule has 2 aromatic rings. The van der Waals surface area contributed by atoms with Crippen LogP contribution in [0.1, 0.15) is 15.3 Å². The summed E-state index contributed by atoms with van der Waals surface area (Å²) >= 11 is 7.38. The summed E-state index contributed by atoms with van der Waals surface area (Å²) in [7, 11) is 0. The summed E-state index contributed by atoms with van der Waals surface area (Å²) in [5.74, 6) is -0.783. The van der Waals surface area contributed by atoms with Gasteiger partial charge in [-0.2, -0.15) is 0 Å². The minimum Gasteiger partial charge on any atom is -0.481 e. The Morgan fingerprint density at radius 2 is 1.85 bits per heavy atom. The molecule has 0 saturated carbocycles. The van der Waals surface area contributed by atoms with E-state index >= 15 is 0 Å². The molecule has 0 fully saturated rings. The van der Waals surface area contributed by atoms with Crippen LogP contribution in [-0.4, -0.2) is 17.6 Å². The van der Waals surface area contributed by atoms with Crippen LogP contribution in [0.25, 0.3) is 0 Å². The number of thiophene rings is 1. The number of hydrogen-bond acceptors (Lipinski definition) is 3. The average Bonchev–Trinajstić information content (AvgIpc) is 2.83. The van der Waals surface area contributed by atoms with Crippen LogP contribution in [0.4, 0.5) is 0 Å². The van der Waals surface area contributed by atoms with Gasteiger partial charge in [0.15, 0.2) is 0 Å². The number of hydrogen-bond donors (Lipinski definition) is 2. The fourth-order valence-corrected chi connectivity index (χ4v) is 2.96. The van der Waals surface area contributed by atoms with Crippen molar-refractivity contribution < 1.29 is 9.90 Å². The van der Waals surface area contributed by atoms with Crippen molar-refractivity contribution in [1.29, 1.82) is 0 Å². The predicted octanol–water partition coefficient (Wildman–Crippen LogP) is 3.36. The zero-order valence-electron chi connectivity index (χ0n) is 10.9. The Morgan fingerprint density at radius 3 is 2.55 bits per heavy atom. The smallest absolute Gasteiger partial charge is 0.308 e. The van der Waals surface area contributed by atoms with Crippen LogP contribution >= 0.6 is 22.9 Å². The zero-order chi connectivity index (χ0) is 14.4. The highest BCUT2D eigenvalue weighted by Crippen LogP contribution is 2.17. The maximum absolute atomic E-state index is 10.6. The van der Waals surface area contributed by atoms with Crippen molar-refractivity contribution in [3.8, 4) is 0 Å². The lowest BCUT2D eigenvalue weighted by molar-refractivity contribution is -0.136. The summed E-state index contributed by atoms with van der Waals surface area (Å²) in [6.07, 6.45) is 1.06. The molecule has 0 saturated heterocycles. The first-order valence-electron chi connectivity index (χ1n) is 6.38. The van der Waals surface area contributed by atoms with Gasteiger partial charge >= 0.3 is 5.97 Å². The molecular formula is C15H16ClNO2S. The number of rotatable bonds is 7. The van der Waals surface area contributed by atoms with Crippen LogP contribution in [-0.2, 0) is 24.2 Å². The van der Waals surface area contributed by atoms with E-state index in [-0.39, 0.29) is 6.42 Å². The maximum atomic E-state index is 10.6. The number of halogens is 1. The molecule has 2 rings (SSSR count). The molecule has 0 amide bonds. The van der Waals surface area contributed by atoms with Gasteiger partial charge in [0.1, 0.15) is 0 Å². The summed E-state index contributed by atoms with van der Waals surface area (Å²) in [4.78, 5) is 12.7. The van der Waals surface area contributed by atoms with E-state index in [1.807, 2.05) is 36.4 Å². The number of benzene rings is 1. The van der Waals surface area contributed by atoms with Crippen molar-refractivity contribution in [3.63, 3.8) is 0 Å². The molecule has 0 aliphatic carbocycles. The fourth-order valence-electron chi connectivity index (χ4n) is 1.86. The van der Waals surface area contributed by atoms with E-state index in [1.165, 1.54) is 5.56 Å². The molecule has 0 aliphatic heterocycles. The molecule has 0 radical (unpaired) electrons. The van der Waals surface area contributed by atoms with Crippen molar-refractivity contribution in [2.24, 2.45) is 0 Å². The van der Waals surface area contributed by atoms with Crippen molar-refractivity contribution in [3.05, 3.63) is 56.7 Å².